The van der Waals surface area contributed by atoms with E-state index in [4.69, 9.17) is 0 Å². The van der Waals surface area contributed by atoms with E-state index >= 15 is 0 Å². The zero-order chi connectivity index (χ0) is 16.4. The average Bonchev–Trinajstić information content (AvgIpc) is 2.88. The Kier molecular flexibility index (Phi) is 4.80. The highest BCUT2D eigenvalue weighted by molar-refractivity contribution is 9.10. The van der Waals surface area contributed by atoms with Crippen LogP contribution in [0.3, 0.4) is 0 Å². The molecule has 0 unspecified atom stereocenters. The average molecular weight is 379 g/mol. The Morgan fingerprint density at radius 1 is 1.04 bits per heavy atom. The van der Waals surface area contributed by atoms with Gasteiger partial charge in [-0.25, -0.2) is 0 Å². The van der Waals surface area contributed by atoms with Gasteiger partial charge in [-0.1, -0.05) is 28.1 Å². The molecule has 1 aromatic carbocycles. The van der Waals surface area contributed by atoms with Gasteiger partial charge in [-0.15, -0.1) is 0 Å². The van der Waals surface area contributed by atoms with Crippen LogP contribution in [0, 0.1) is 0 Å². The van der Waals surface area contributed by atoms with Gasteiger partial charge >= 0.3 is 0 Å². The minimum Gasteiger partial charge on any atom is -0.342 e. The first-order chi connectivity index (χ1) is 11.0. The highest BCUT2D eigenvalue weighted by Gasteiger charge is 2.37. The maximum absolute atomic E-state index is 12.4. The van der Waals surface area contributed by atoms with Crippen molar-refractivity contribution >= 4 is 33.7 Å². The van der Waals surface area contributed by atoms with Crippen LogP contribution >= 0.6 is 15.9 Å². The largest absolute Gasteiger partial charge is 0.342 e. The van der Waals surface area contributed by atoms with Crippen LogP contribution in [-0.4, -0.2) is 46.7 Å². The first-order valence-corrected chi connectivity index (χ1v) is 8.71. The molecule has 122 valence electrons. The van der Waals surface area contributed by atoms with Crippen molar-refractivity contribution in [1.29, 1.82) is 0 Å². The second-order valence-electron chi connectivity index (χ2n) is 6.07. The van der Waals surface area contributed by atoms with Gasteiger partial charge in [-0.05, 0) is 30.5 Å². The van der Waals surface area contributed by atoms with Crippen LogP contribution in [0.5, 0.6) is 0 Å². The van der Waals surface area contributed by atoms with Crippen molar-refractivity contribution in [2.45, 2.75) is 38.1 Å². The smallest absolute Gasteiger partial charge is 0.229 e. The molecule has 0 N–H and O–H groups in total. The number of nitrogens with zero attached hydrogens (tertiary/aromatic N) is 2. The lowest BCUT2D eigenvalue weighted by Gasteiger charge is -2.35. The molecule has 2 aliphatic rings. The number of piperidine rings is 1. The molecule has 3 rings (SSSR count). The molecule has 6 heteroatoms. The van der Waals surface area contributed by atoms with Gasteiger partial charge in [0.2, 0.25) is 17.7 Å². The number of rotatable bonds is 3. The maximum atomic E-state index is 12.4. The zero-order valence-electron chi connectivity index (χ0n) is 12.8. The van der Waals surface area contributed by atoms with Gasteiger partial charge in [-0.2, -0.15) is 0 Å². The SMILES string of the molecule is O=C(Cc1ccc(Br)cc1)N1CCC(N2C(=O)CCC2=O)CC1. The summed E-state index contributed by atoms with van der Waals surface area (Å²) in [7, 11) is 0. The van der Waals surface area contributed by atoms with E-state index in [-0.39, 0.29) is 23.8 Å². The number of imide groups is 1. The van der Waals surface area contributed by atoms with Crippen molar-refractivity contribution in [3.05, 3.63) is 34.3 Å². The molecule has 2 fully saturated rings. The Labute approximate surface area is 143 Å². The van der Waals surface area contributed by atoms with Crippen LogP contribution in [0.25, 0.3) is 0 Å². The Bertz CT molecular complexity index is 605. The first kappa shape index (κ1) is 16.2. The van der Waals surface area contributed by atoms with E-state index in [0.29, 0.717) is 45.2 Å². The molecular weight excluding hydrogens is 360 g/mol. The molecule has 2 saturated heterocycles. The Morgan fingerprint density at radius 2 is 1.61 bits per heavy atom. The Balaban J connectivity index is 1.54. The van der Waals surface area contributed by atoms with E-state index in [1.807, 2.05) is 29.2 Å². The standard InChI is InChI=1S/C17H19BrN2O3/c18-13-3-1-12(2-4-13)11-17(23)19-9-7-14(8-10-19)20-15(21)5-6-16(20)22/h1-4,14H,5-11H2. The Morgan fingerprint density at radius 3 is 2.17 bits per heavy atom. The van der Waals surface area contributed by atoms with E-state index in [1.165, 1.54) is 4.90 Å². The van der Waals surface area contributed by atoms with Crippen LogP contribution in [-0.2, 0) is 20.8 Å². The molecule has 23 heavy (non-hydrogen) atoms. The van der Waals surface area contributed by atoms with Crippen molar-refractivity contribution in [2.75, 3.05) is 13.1 Å². The summed E-state index contributed by atoms with van der Waals surface area (Å²) >= 11 is 3.38. The van der Waals surface area contributed by atoms with E-state index < -0.39 is 0 Å². The monoisotopic (exact) mass is 378 g/mol. The number of likely N-dealkylation sites (tertiary alicyclic amines) is 2. The van der Waals surface area contributed by atoms with E-state index in [1.54, 1.807) is 0 Å². The van der Waals surface area contributed by atoms with Gasteiger partial charge in [0, 0.05) is 36.4 Å². The lowest BCUT2D eigenvalue weighted by molar-refractivity contribution is -0.142. The molecule has 0 atom stereocenters. The van der Waals surface area contributed by atoms with E-state index in [9.17, 15) is 14.4 Å². The molecule has 2 aliphatic heterocycles. The molecule has 0 saturated carbocycles. The van der Waals surface area contributed by atoms with Crippen LogP contribution < -0.4 is 0 Å². The van der Waals surface area contributed by atoms with Gasteiger partial charge in [-0.3, -0.25) is 19.3 Å². The van der Waals surface area contributed by atoms with Crippen molar-refractivity contribution in [1.82, 2.24) is 9.80 Å². The highest BCUT2D eigenvalue weighted by Crippen LogP contribution is 2.23. The van der Waals surface area contributed by atoms with E-state index in [2.05, 4.69) is 15.9 Å². The predicted molar refractivity (Wildman–Crippen MR) is 88.5 cm³/mol. The second-order valence-corrected chi connectivity index (χ2v) is 6.99. The summed E-state index contributed by atoms with van der Waals surface area (Å²) in [4.78, 5) is 39.2. The number of benzene rings is 1. The summed E-state index contributed by atoms with van der Waals surface area (Å²) < 4.78 is 0.995. The van der Waals surface area contributed by atoms with Crippen LogP contribution in [0.15, 0.2) is 28.7 Å². The van der Waals surface area contributed by atoms with Crippen molar-refractivity contribution in [2.24, 2.45) is 0 Å². The van der Waals surface area contributed by atoms with Crippen LogP contribution in [0.4, 0.5) is 0 Å². The van der Waals surface area contributed by atoms with Gasteiger partial charge < -0.3 is 4.90 Å². The third-order valence-corrected chi connectivity index (χ3v) is 5.07. The number of hydrogen-bond acceptors (Lipinski definition) is 3. The highest BCUT2D eigenvalue weighted by atomic mass is 79.9. The number of halogens is 1. The summed E-state index contributed by atoms with van der Waals surface area (Å²) in [6, 6.07) is 7.71. The summed E-state index contributed by atoms with van der Waals surface area (Å²) in [5, 5.41) is 0. The normalized spacial score (nSPS) is 19.5. The summed E-state index contributed by atoms with van der Waals surface area (Å²) in [6.07, 6.45) is 2.43. The molecule has 0 bridgehead atoms. The third-order valence-electron chi connectivity index (χ3n) is 4.54. The van der Waals surface area contributed by atoms with Crippen LogP contribution in [0.1, 0.15) is 31.2 Å². The molecule has 0 aromatic heterocycles. The molecule has 2 heterocycles. The topological polar surface area (TPSA) is 57.7 Å². The molecular formula is C17H19BrN2O3. The molecule has 1 aromatic rings. The van der Waals surface area contributed by atoms with Crippen molar-refractivity contribution < 1.29 is 14.4 Å². The minimum absolute atomic E-state index is 0.0331. The molecule has 5 nitrogen and oxygen atoms in total. The summed E-state index contributed by atoms with van der Waals surface area (Å²) in [5.74, 6) is -0.0193. The fraction of sp³-hybridized carbons (Fsp3) is 0.471. The fourth-order valence-electron chi connectivity index (χ4n) is 3.26. The van der Waals surface area contributed by atoms with Crippen LogP contribution in [0.2, 0.25) is 0 Å². The maximum Gasteiger partial charge on any atom is 0.229 e. The fourth-order valence-corrected chi connectivity index (χ4v) is 3.53. The molecule has 3 amide bonds. The first-order valence-electron chi connectivity index (χ1n) is 7.91. The number of carbonyl (C=O) groups excluding carboxylic acids is 3. The molecule has 0 radical (unpaired) electrons. The minimum atomic E-state index is -0.0605. The second kappa shape index (κ2) is 6.83. The molecule has 0 aliphatic carbocycles. The van der Waals surface area contributed by atoms with Gasteiger partial charge in [0.1, 0.15) is 0 Å². The Hall–Kier alpha value is -1.69. The lowest BCUT2D eigenvalue weighted by atomic mass is 10.0. The zero-order valence-corrected chi connectivity index (χ0v) is 14.4. The quantitative estimate of drug-likeness (QED) is 0.757. The number of amides is 3. The van der Waals surface area contributed by atoms with Crippen molar-refractivity contribution in [3.63, 3.8) is 0 Å². The predicted octanol–water partition coefficient (Wildman–Crippen LogP) is 2.13. The van der Waals surface area contributed by atoms with Gasteiger partial charge in [0.05, 0.1) is 6.42 Å². The van der Waals surface area contributed by atoms with Crippen molar-refractivity contribution in [3.8, 4) is 0 Å². The lowest BCUT2D eigenvalue weighted by Crippen LogP contribution is -2.48. The number of carbonyl (C=O) groups is 3. The van der Waals surface area contributed by atoms with Gasteiger partial charge in [0.15, 0.2) is 0 Å². The van der Waals surface area contributed by atoms with E-state index in [0.717, 1.165) is 10.0 Å². The third kappa shape index (κ3) is 3.63. The molecule has 0 spiro atoms. The van der Waals surface area contributed by atoms with Gasteiger partial charge in [0.25, 0.3) is 0 Å². The summed E-state index contributed by atoms with van der Waals surface area (Å²) in [6.45, 7) is 1.22. The summed E-state index contributed by atoms with van der Waals surface area (Å²) in [5.41, 5.74) is 0.991. The number of hydrogen-bond donors (Lipinski definition) is 0.